The van der Waals surface area contributed by atoms with E-state index >= 15 is 0 Å². The maximum Gasteiger partial charge on any atom is 0.337 e. The van der Waals surface area contributed by atoms with Gasteiger partial charge in [-0.1, -0.05) is 18.2 Å². The number of hydrogen-bond donors (Lipinski definition) is 2. The van der Waals surface area contributed by atoms with Crippen LogP contribution >= 0.6 is 11.8 Å². The number of carbonyl (C=O) groups is 2. The molecule has 1 aliphatic heterocycles. The third kappa shape index (κ3) is 3.22. The molecule has 96 valence electrons. The van der Waals surface area contributed by atoms with Crippen LogP contribution < -0.4 is 5.32 Å². The molecule has 0 spiro atoms. The van der Waals surface area contributed by atoms with Crippen molar-refractivity contribution in [3.8, 4) is 0 Å². The van der Waals surface area contributed by atoms with Gasteiger partial charge in [-0.2, -0.15) is 0 Å². The molecule has 6 heteroatoms. The molecule has 2 rings (SSSR count). The van der Waals surface area contributed by atoms with Crippen molar-refractivity contribution in [3.05, 3.63) is 23.9 Å². The van der Waals surface area contributed by atoms with Crippen LogP contribution in [0.4, 0.5) is 0 Å². The van der Waals surface area contributed by atoms with Gasteiger partial charge in [-0.05, 0) is 25.0 Å². The van der Waals surface area contributed by atoms with Crippen LogP contribution in [0.3, 0.4) is 0 Å². The predicted octanol–water partition coefficient (Wildman–Crippen LogP) is 1.54. The molecule has 1 unspecified atom stereocenters. The Bertz CT molecular complexity index is 447. The fourth-order valence-electron chi connectivity index (χ4n) is 1.75. The van der Waals surface area contributed by atoms with E-state index in [0.29, 0.717) is 5.03 Å². The second kappa shape index (κ2) is 5.86. The van der Waals surface area contributed by atoms with Crippen LogP contribution in [0.5, 0.6) is 0 Å². The maximum absolute atomic E-state index is 11.7. The van der Waals surface area contributed by atoms with E-state index in [0.717, 1.165) is 25.8 Å². The van der Waals surface area contributed by atoms with Crippen molar-refractivity contribution in [2.24, 2.45) is 0 Å². The Kier molecular flexibility index (Phi) is 4.19. The average Bonchev–Trinajstić information content (AvgIpc) is 2.56. The molecule has 1 saturated heterocycles. The Hall–Kier alpha value is -1.56. The molecule has 18 heavy (non-hydrogen) atoms. The lowest BCUT2D eigenvalue weighted by molar-refractivity contribution is -0.120. The van der Waals surface area contributed by atoms with Crippen molar-refractivity contribution < 1.29 is 14.7 Å². The normalized spacial score (nSPS) is 20.0. The molecule has 1 aromatic heterocycles. The molecule has 1 atom stereocenters. The number of nitrogens with one attached hydrogen (secondary N) is 1. The minimum atomic E-state index is -0.994. The van der Waals surface area contributed by atoms with Crippen LogP contribution in [0, 0.1) is 0 Å². The SMILES string of the molecule is O=C(O)c1ccc(SC2CCCCNC2=O)nc1. The van der Waals surface area contributed by atoms with Crippen LogP contribution in [0.2, 0.25) is 0 Å². The summed E-state index contributed by atoms with van der Waals surface area (Å²) in [6.07, 6.45) is 4.18. The van der Waals surface area contributed by atoms with Crippen LogP contribution in [-0.2, 0) is 4.79 Å². The average molecular weight is 266 g/mol. The van der Waals surface area contributed by atoms with E-state index in [1.54, 1.807) is 6.07 Å². The van der Waals surface area contributed by atoms with Gasteiger partial charge < -0.3 is 10.4 Å². The van der Waals surface area contributed by atoms with Crippen molar-refractivity contribution in [2.45, 2.75) is 29.5 Å². The number of carboxylic acids is 1. The highest BCUT2D eigenvalue weighted by atomic mass is 32.2. The quantitative estimate of drug-likeness (QED) is 0.867. The molecular formula is C12H14N2O3S. The zero-order valence-corrected chi connectivity index (χ0v) is 10.6. The molecule has 1 aromatic rings. The first-order chi connectivity index (χ1) is 8.66. The van der Waals surface area contributed by atoms with Gasteiger partial charge in [0.2, 0.25) is 5.91 Å². The predicted molar refractivity (Wildman–Crippen MR) is 67.7 cm³/mol. The summed E-state index contributed by atoms with van der Waals surface area (Å²) in [5, 5.41) is 12.2. The number of carboxylic acid groups (broad SMARTS) is 1. The summed E-state index contributed by atoms with van der Waals surface area (Å²) in [6, 6.07) is 3.15. The number of carbonyl (C=O) groups excluding carboxylic acids is 1. The summed E-state index contributed by atoms with van der Waals surface area (Å²) >= 11 is 1.39. The molecule has 0 saturated carbocycles. The minimum Gasteiger partial charge on any atom is -0.478 e. The highest BCUT2D eigenvalue weighted by Crippen LogP contribution is 2.26. The first-order valence-electron chi connectivity index (χ1n) is 5.80. The van der Waals surface area contributed by atoms with Crippen LogP contribution in [0.25, 0.3) is 0 Å². The van der Waals surface area contributed by atoms with E-state index in [-0.39, 0.29) is 16.7 Å². The summed E-state index contributed by atoms with van der Waals surface area (Å²) in [5.41, 5.74) is 0.157. The van der Waals surface area contributed by atoms with Crippen LogP contribution in [-0.4, -0.2) is 33.8 Å². The van der Waals surface area contributed by atoms with Gasteiger partial charge in [0.15, 0.2) is 0 Å². The second-order valence-electron chi connectivity index (χ2n) is 4.08. The Morgan fingerprint density at radius 3 is 2.94 bits per heavy atom. The van der Waals surface area contributed by atoms with Gasteiger partial charge in [0.25, 0.3) is 0 Å². The van der Waals surface area contributed by atoms with E-state index in [1.165, 1.54) is 24.0 Å². The third-order valence-electron chi connectivity index (χ3n) is 2.73. The zero-order valence-electron chi connectivity index (χ0n) is 9.76. The lowest BCUT2D eigenvalue weighted by Gasteiger charge is -2.11. The molecule has 0 radical (unpaired) electrons. The molecule has 0 aliphatic carbocycles. The van der Waals surface area contributed by atoms with Gasteiger partial charge in [-0.25, -0.2) is 9.78 Å². The van der Waals surface area contributed by atoms with E-state index in [2.05, 4.69) is 10.3 Å². The minimum absolute atomic E-state index is 0.0432. The fraction of sp³-hybridized carbons (Fsp3) is 0.417. The number of amides is 1. The lowest BCUT2D eigenvalue weighted by atomic mass is 10.2. The molecule has 0 aromatic carbocycles. The molecule has 1 fully saturated rings. The largest absolute Gasteiger partial charge is 0.478 e. The van der Waals surface area contributed by atoms with Gasteiger partial charge >= 0.3 is 5.97 Å². The Morgan fingerprint density at radius 1 is 1.44 bits per heavy atom. The monoisotopic (exact) mass is 266 g/mol. The summed E-state index contributed by atoms with van der Waals surface area (Å²) in [6.45, 7) is 0.737. The third-order valence-corrected chi connectivity index (χ3v) is 3.95. The molecule has 1 amide bonds. The van der Waals surface area contributed by atoms with E-state index in [9.17, 15) is 9.59 Å². The number of rotatable bonds is 3. The highest BCUT2D eigenvalue weighted by molar-refractivity contribution is 8.00. The standard InChI is InChI=1S/C12H14N2O3S/c15-11-9(3-1-2-6-13-11)18-10-5-4-8(7-14-10)12(16)17/h4-5,7,9H,1-3,6H2,(H,13,15)(H,16,17). The molecular weight excluding hydrogens is 252 g/mol. The van der Waals surface area contributed by atoms with Crippen molar-refractivity contribution in [1.82, 2.24) is 10.3 Å². The van der Waals surface area contributed by atoms with Crippen molar-refractivity contribution in [2.75, 3.05) is 6.54 Å². The Labute approximate surface area is 109 Å². The number of aromatic nitrogens is 1. The first-order valence-corrected chi connectivity index (χ1v) is 6.68. The van der Waals surface area contributed by atoms with E-state index in [4.69, 9.17) is 5.11 Å². The highest BCUT2D eigenvalue weighted by Gasteiger charge is 2.22. The van der Waals surface area contributed by atoms with Gasteiger partial charge in [0.05, 0.1) is 15.8 Å². The Morgan fingerprint density at radius 2 is 2.28 bits per heavy atom. The smallest absolute Gasteiger partial charge is 0.337 e. The number of thioether (sulfide) groups is 1. The van der Waals surface area contributed by atoms with Crippen molar-refractivity contribution in [3.63, 3.8) is 0 Å². The van der Waals surface area contributed by atoms with Gasteiger partial charge in [0.1, 0.15) is 0 Å². The number of hydrogen-bond acceptors (Lipinski definition) is 4. The molecule has 2 N–H and O–H groups in total. The molecule has 5 nitrogen and oxygen atoms in total. The first kappa shape index (κ1) is 12.9. The Balaban J connectivity index is 2.03. The molecule has 2 heterocycles. The van der Waals surface area contributed by atoms with Gasteiger partial charge in [-0.15, -0.1) is 0 Å². The number of nitrogens with zero attached hydrogens (tertiary/aromatic N) is 1. The topological polar surface area (TPSA) is 79.3 Å². The van der Waals surface area contributed by atoms with Gasteiger partial charge in [0, 0.05) is 12.7 Å². The second-order valence-corrected chi connectivity index (χ2v) is 5.31. The maximum atomic E-state index is 11.7. The fourth-order valence-corrected chi connectivity index (χ4v) is 2.77. The number of aromatic carboxylic acids is 1. The summed E-state index contributed by atoms with van der Waals surface area (Å²) in [7, 11) is 0. The van der Waals surface area contributed by atoms with E-state index in [1.807, 2.05) is 0 Å². The number of pyridine rings is 1. The van der Waals surface area contributed by atoms with E-state index < -0.39 is 5.97 Å². The van der Waals surface area contributed by atoms with Crippen LogP contribution in [0.15, 0.2) is 23.4 Å². The van der Waals surface area contributed by atoms with Crippen LogP contribution in [0.1, 0.15) is 29.6 Å². The molecule has 1 aliphatic rings. The van der Waals surface area contributed by atoms with Crippen molar-refractivity contribution >= 4 is 23.6 Å². The van der Waals surface area contributed by atoms with Crippen molar-refractivity contribution in [1.29, 1.82) is 0 Å². The molecule has 0 bridgehead atoms. The summed E-state index contributed by atoms with van der Waals surface area (Å²) in [5.74, 6) is -0.951. The lowest BCUT2D eigenvalue weighted by Crippen LogP contribution is -2.30. The summed E-state index contributed by atoms with van der Waals surface area (Å²) < 4.78 is 0. The van der Waals surface area contributed by atoms with Gasteiger partial charge in [-0.3, -0.25) is 4.79 Å². The summed E-state index contributed by atoms with van der Waals surface area (Å²) in [4.78, 5) is 26.5. The zero-order chi connectivity index (χ0) is 13.0.